The number of alkyl halides is 1. The van der Waals surface area contributed by atoms with Crippen LogP contribution in [0.3, 0.4) is 0 Å². The quantitative estimate of drug-likeness (QED) is 0.220. The summed E-state index contributed by atoms with van der Waals surface area (Å²) in [4.78, 5) is 18.7. The molecule has 0 saturated heterocycles. The Hall–Kier alpha value is -3.15. The molecule has 1 N–H and O–H groups in total. The topological polar surface area (TPSA) is 54.6 Å². The van der Waals surface area contributed by atoms with Gasteiger partial charge in [0.25, 0.3) is 0 Å². The molecule has 1 atom stereocenters. The van der Waals surface area contributed by atoms with Gasteiger partial charge in [-0.3, -0.25) is 4.90 Å². The molecule has 1 aliphatic rings. The Morgan fingerprint density at radius 2 is 1.80 bits per heavy atom. The van der Waals surface area contributed by atoms with Crippen molar-refractivity contribution in [2.75, 3.05) is 19.0 Å². The molecule has 2 heterocycles. The zero-order chi connectivity index (χ0) is 24.4. The van der Waals surface area contributed by atoms with Crippen LogP contribution in [0.15, 0.2) is 66.7 Å². The van der Waals surface area contributed by atoms with Gasteiger partial charge in [0.1, 0.15) is 17.5 Å². The maximum absolute atomic E-state index is 13.4. The molecule has 0 aliphatic carbocycles. The van der Waals surface area contributed by atoms with Crippen LogP contribution < -0.4 is 9.47 Å². The van der Waals surface area contributed by atoms with Crippen molar-refractivity contribution in [1.29, 1.82) is 0 Å². The summed E-state index contributed by atoms with van der Waals surface area (Å²) >= 11 is 12.1. The number of aromatic nitrogens is 1. The number of amides is 1. The molecule has 0 fully saturated rings. The van der Waals surface area contributed by atoms with Crippen LogP contribution in [0.2, 0.25) is 5.02 Å². The van der Waals surface area contributed by atoms with E-state index in [1.165, 1.54) is 5.56 Å². The second kappa shape index (κ2) is 10.2. The van der Waals surface area contributed by atoms with Crippen LogP contribution in [0.1, 0.15) is 34.8 Å². The lowest BCUT2D eigenvalue weighted by Gasteiger charge is -2.35. The van der Waals surface area contributed by atoms with Crippen LogP contribution in [-0.4, -0.2) is 35.0 Å². The second-order valence-electron chi connectivity index (χ2n) is 8.69. The van der Waals surface area contributed by atoms with Crippen LogP contribution in [-0.2, 0) is 6.42 Å². The summed E-state index contributed by atoms with van der Waals surface area (Å²) in [5, 5.41) is 1.78. The SMILES string of the molecule is Cc1ccc(OC(=O)N2CCc3c([nH]c4ccc(Cl)cc34)C2c2ccc(OCCCCl)cc2)cc1. The third-order valence-electron chi connectivity index (χ3n) is 6.29. The first kappa shape index (κ1) is 23.6. The van der Waals surface area contributed by atoms with Gasteiger partial charge in [-0.25, -0.2) is 4.79 Å². The summed E-state index contributed by atoms with van der Waals surface area (Å²) in [5.74, 6) is 1.86. The van der Waals surface area contributed by atoms with Gasteiger partial charge in [-0.1, -0.05) is 41.4 Å². The summed E-state index contributed by atoms with van der Waals surface area (Å²) in [5.41, 5.74) is 5.23. The molecule has 0 radical (unpaired) electrons. The highest BCUT2D eigenvalue weighted by Gasteiger charge is 2.35. The molecule has 1 aliphatic heterocycles. The van der Waals surface area contributed by atoms with E-state index >= 15 is 0 Å². The Bertz CT molecular complexity index is 1330. The number of nitrogens with zero attached hydrogens (tertiary/aromatic N) is 1. The number of nitrogens with one attached hydrogen (secondary N) is 1. The zero-order valence-electron chi connectivity index (χ0n) is 19.4. The summed E-state index contributed by atoms with van der Waals surface area (Å²) in [6, 6.07) is 20.9. The van der Waals surface area contributed by atoms with Crippen LogP contribution in [0, 0.1) is 6.92 Å². The normalized spacial score (nSPS) is 15.2. The molecule has 35 heavy (non-hydrogen) atoms. The van der Waals surface area contributed by atoms with Crippen LogP contribution >= 0.6 is 23.2 Å². The minimum absolute atomic E-state index is 0.334. The van der Waals surface area contributed by atoms with Crippen molar-refractivity contribution in [3.63, 3.8) is 0 Å². The van der Waals surface area contributed by atoms with E-state index in [9.17, 15) is 4.79 Å². The number of H-pyrrole nitrogens is 1. The Kier molecular flexibility index (Phi) is 6.89. The van der Waals surface area contributed by atoms with Crippen LogP contribution in [0.4, 0.5) is 4.79 Å². The number of fused-ring (bicyclic) bond motifs is 3. The highest BCUT2D eigenvalue weighted by atomic mass is 35.5. The van der Waals surface area contributed by atoms with E-state index in [0.29, 0.717) is 36.2 Å². The molecular weight excluding hydrogens is 483 g/mol. The molecule has 3 aromatic carbocycles. The number of halogens is 2. The number of aryl methyl sites for hydroxylation is 1. The van der Waals surface area contributed by atoms with E-state index < -0.39 is 0 Å². The van der Waals surface area contributed by atoms with Crippen molar-refractivity contribution in [2.24, 2.45) is 0 Å². The lowest BCUT2D eigenvalue weighted by Crippen LogP contribution is -2.42. The summed E-state index contributed by atoms with van der Waals surface area (Å²) in [7, 11) is 0. The average Bonchev–Trinajstić information content (AvgIpc) is 3.23. The number of benzene rings is 3. The summed E-state index contributed by atoms with van der Waals surface area (Å²) < 4.78 is 11.5. The Morgan fingerprint density at radius 1 is 1.06 bits per heavy atom. The molecule has 5 rings (SSSR count). The molecular formula is C28H26Cl2N2O3. The van der Waals surface area contributed by atoms with Crippen molar-refractivity contribution in [2.45, 2.75) is 25.8 Å². The van der Waals surface area contributed by atoms with Crippen LogP contribution in [0.25, 0.3) is 10.9 Å². The predicted octanol–water partition coefficient (Wildman–Crippen LogP) is 7.28. The molecule has 4 aromatic rings. The van der Waals surface area contributed by atoms with Gasteiger partial charge in [-0.05, 0) is 73.4 Å². The standard InChI is InChI=1S/C28H26Cl2N2O3/c1-18-3-8-22(9-4-18)35-28(33)32-15-13-23-24-17-20(30)7-12-25(24)31-26(23)27(32)19-5-10-21(11-6-19)34-16-2-14-29/h3-12,17,27,31H,2,13-16H2,1H3. The zero-order valence-corrected chi connectivity index (χ0v) is 20.9. The predicted molar refractivity (Wildman–Crippen MR) is 140 cm³/mol. The molecule has 1 unspecified atom stereocenters. The minimum atomic E-state index is -0.386. The number of hydrogen-bond donors (Lipinski definition) is 1. The number of ether oxygens (including phenoxy) is 2. The van der Waals surface area contributed by atoms with E-state index in [0.717, 1.165) is 39.9 Å². The van der Waals surface area contributed by atoms with Crippen molar-refractivity contribution in [3.05, 3.63) is 94.1 Å². The maximum atomic E-state index is 13.4. The smallest absolute Gasteiger partial charge is 0.416 e. The Labute approximate surface area is 214 Å². The van der Waals surface area contributed by atoms with Gasteiger partial charge >= 0.3 is 6.09 Å². The Morgan fingerprint density at radius 3 is 2.54 bits per heavy atom. The molecule has 5 nitrogen and oxygen atoms in total. The molecule has 1 amide bonds. The van der Waals surface area contributed by atoms with Gasteiger partial charge in [-0.15, -0.1) is 11.6 Å². The van der Waals surface area contributed by atoms with E-state index in [-0.39, 0.29) is 12.1 Å². The number of rotatable bonds is 6. The van der Waals surface area contributed by atoms with Crippen LogP contribution in [0.5, 0.6) is 11.5 Å². The van der Waals surface area contributed by atoms with Crippen molar-refractivity contribution < 1.29 is 14.3 Å². The fourth-order valence-corrected chi connectivity index (χ4v) is 4.84. The van der Waals surface area contributed by atoms with Gasteiger partial charge in [0.2, 0.25) is 0 Å². The Balaban J connectivity index is 1.51. The number of hydrogen-bond acceptors (Lipinski definition) is 3. The van der Waals surface area contributed by atoms with Crippen molar-refractivity contribution in [1.82, 2.24) is 9.88 Å². The van der Waals surface area contributed by atoms with Crippen molar-refractivity contribution >= 4 is 40.2 Å². The van der Waals surface area contributed by atoms with E-state index in [1.807, 2.05) is 73.7 Å². The first-order valence-electron chi connectivity index (χ1n) is 11.7. The first-order chi connectivity index (χ1) is 17.0. The van der Waals surface area contributed by atoms with Crippen molar-refractivity contribution in [3.8, 4) is 11.5 Å². The minimum Gasteiger partial charge on any atom is -0.494 e. The number of carbonyl (C=O) groups excluding carboxylic acids is 1. The lowest BCUT2D eigenvalue weighted by molar-refractivity contribution is 0.135. The van der Waals surface area contributed by atoms with Gasteiger partial charge in [0.15, 0.2) is 0 Å². The highest BCUT2D eigenvalue weighted by Crippen LogP contribution is 2.40. The van der Waals surface area contributed by atoms with E-state index in [4.69, 9.17) is 32.7 Å². The fourth-order valence-electron chi connectivity index (χ4n) is 4.56. The molecule has 180 valence electrons. The van der Waals surface area contributed by atoms with Gasteiger partial charge in [-0.2, -0.15) is 0 Å². The monoisotopic (exact) mass is 508 g/mol. The first-order valence-corrected chi connectivity index (χ1v) is 12.6. The molecule has 1 aromatic heterocycles. The highest BCUT2D eigenvalue weighted by molar-refractivity contribution is 6.31. The molecule has 0 bridgehead atoms. The molecule has 0 saturated carbocycles. The van der Waals surface area contributed by atoms with E-state index in [2.05, 4.69) is 4.98 Å². The van der Waals surface area contributed by atoms with E-state index in [1.54, 1.807) is 4.90 Å². The van der Waals surface area contributed by atoms with Gasteiger partial charge in [0.05, 0.1) is 6.61 Å². The molecule has 0 spiro atoms. The lowest BCUT2D eigenvalue weighted by atomic mass is 9.92. The average molecular weight is 509 g/mol. The maximum Gasteiger partial charge on any atom is 0.416 e. The van der Waals surface area contributed by atoms with Gasteiger partial charge < -0.3 is 14.5 Å². The second-order valence-corrected chi connectivity index (χ2v) is 9.51. The number of aromatic amines is 1. The summed E-state index contributed by atoms with van der Waals surface area (Å²) in [6.07, 6.45) is 1.10. The largest absolute Gasteiger partial charge is 0.494 e. The fraction of sp³-hybridized carbons (Fsp3) is 0.250. The molecule has 7 heteroatoms. The third kappa shape index (κ3) is 4.97. The summed E-state index contributed by atoms with van der Waals surface area (Å²) in [6.45, 7) is 3.09. The number of carbonyl (C=O) groups is 1. The van der Waals surface area contributed by atoms with Gasteiger partial charge in [0, 0.05) is 34.0 Å². The third-order valence-corrected chi connectivity index (χ3v) is 6.79.